The molecule has 0 saturated heterocycles. The maximum Gasteiger partial charge on any atom is 0.416 e. The highest BCUT2D eigenvalue weighted by atomic mass is 127. The molecule has 13 heavy (non-hydrogen) atoms. The quantitative estimate of drug-likeness (QED) is 0.463. The van der Waals surface area contributed by atoms with Gasteiger partial charge in [-0.2, -0.15) is 13.2 Å². The van der Waals surface area contributed by atoms with Crippen molar-refractivity contribution in [3.05, 3.63) is 0 Å². The van der Waals surface area contributed by atoms with Crippen molar-refractivity contribution in [1.29, 1.82) is 0 Å². The molecule has 0 aromatic heterocycles. The Morgan fingerprint density at radius 2 is 1.92 bits per heavy atom. The molecule has 0 bridgehead atoms. The van der Waals surface area contributed by atoms with Crippen molar-refractivity contribution >= 4 is 22.6 Å². The first-order valence-electron chi connectivity index (χ1n) is 3.87. The van der Waals surface area contributed by atoms with Crippen LogP contribution in [-0.4, -0.2) is 35.0 Å². The van der Waals surface area contributed by atoms with E-state index in [4.69, 9.17) is 5.11 Å². The van der Waals surface area contributed by atoms with Gasteiger partial charge in [-0.05, 0) is 17.3 Å². The summed E-state index contributed by atoms with van der Waals surface area (Å²) in [5.74, 6) is 0. The lowest BCUT2D eigenvalue weighted by Crippen LogP contribution is -2.33. The normalized spacial score (nSPS) is 14.5. The number of ether oxygens (including phenoxy) is 1. The lowest BCUT2D eigenvalue weighted by molar-refractivity contribution is -0.217. The molecule has 0 radical (unpaired) electrons. The number of aliphatic hydroxyl groups excluding tert-OH is 1. The lowest BCUT2D eigenvalue weighted by Gasteiger charge is -2.14. The third-order valence-corrected chi connectivity index (χ3v) is 2.09. The number of unbranched alkanes of at least 4 members (excludes halogenated alkanes) is 1. The predicted molar refractivity (Wildman–Crippen MR) is 51.0 cm³/mol. The molecule has 0 aromatic carbocycles. The Labute approximate surface area is 88.6 Å². The molecule has 0 fully saturated rings. The maximum atomic E-state index is 11.7. The van der Waals surface area contributed by atoms with E-state index in [2.05, 4.69) is 27.3 Å². The zero-order valence-electron chi connectivity index (χ0n) is 6.98. The summed E-state index contributed by atoms with van der Waals surface area (Å²) in [5, 5.41) is 8.49. The third kappa shape index (κ3) is 7.51. The second-order valence-corrected chi connectivity index (χ2v) is 3.61. The highest BCUT2D eigenvalue weighted by Gasteiger charge is 2.38. The van der Waals surface area contributed by atoms with E-state index in [0.29, 0.717) is 0 Å². The minimum atomic E-state index is -4.57. The summed E-state index contributed by atoms with van der Waals surface area (Å²) in [4.78, 5) is 0. The van der Waals surface area contributed by atoms with Crippen LogP contribution < -0.4 is 0 Å². The largest absolute Gasteiger partial charge is 0.416 e. The SMILES string of the molecule is OC(COCCCCI)C(F)(F)F. The summed E-state index contributed by atoms with van der Waals surface area (Å²) in [7, 11) is 0. The third-order valence-electron chi connectivity index (χ3n) is 1.33. The molecule has 2 nitrogen and oxygen atoms in total. The Hall–Kier alpha value is 0.440. The van der Waals surface area contributed by atoms with Crippen LogP contribution in [0.2, 0.25) is 0 Å². The van der Waals surface area contributed by atoms with Gasteiger partial charge in [-0.25, -0.2) is 0 Å². The van der Waals surface area contributed by atoms with Gasteiger partial charge in [-0.1, -0.05) is 22.6 Å². The number of rotatable bonds is 6. The van der Waals surface area contributed by atoms with Crippen LogP contribution in [0.25, 0.3) is 0 Å². The van der Waals surface area contributed by atoms with E-state index in [1.54, 1.807) is 0 Å². The van der Waals surface area contributed by atoms with Crippen LogP contribution in [0.3, 0.4) is 0 Å². The van der Waals surface area contributed by atoms with Gasteiger partial charge in [-0.3, -0.25) is 0 Å². The Morgan fingerprint density at radius 1 is 1.31 bits per heavy atom. The monoisotopic (exact) mass is 312 g/mol. The summed E-state index contributed by atoms with van der Waals surface area (Å²) in [6, 6.07) is 0. The average molecular weight is 312 g/mol. The van der Waals surface area contributed by atoms with Crippen LogP contribution in [0, 0.1) is 0 Å². The van der Waals surface area contributed by atoms with Gasteiger partial charge in [0, 0.05) is 6.61 Å². The van der Waals surface area contributed by atoms with Crippen LogP contribution in [0.15, 0.2) is 0 Å². The first-order chi connectivity index (χ1) is 5.98. The Balaban J connectivity index is 3.32. The van der Waals surface area contributed by atoms with E-state index in [1.165, 1.54) is 0 Å². The van der Waals surface area contributed by atoms with Crippen LogP contribution in [0.4, 0.5) is 13.2 Å². The van der Waals surface area contributed by atoms with E-state index in [9.17, 15) is 13.2 Å². The molecule has 0 aliphatic rings. The van der Waals surface area contributed by atoms with Gasteiger partial charge in [0.15, 0.2) is 6.10 Å². The number of aliphatic hydroxyl groups is 1. The average Bonchev–Trinajstić information content (AvgIpc) is 2.02. The number of halogens is 4. The summed E-state index contributed by atoms with van der Waals surface area (Å²) in [6.07, 6.45) is -5.27. The fraction of sp³-hybridized carbons (Fsp3) is 1.00. The second-order valence-electron chi connectivity index (χ2n) is 2.53. The summed E-state index contributed by atoms with van der Waals surface area (Å²) in [5.41, 5.74) is 0. The fourth-order valence-electron chi connectivity index (χ4n) is 0.588. The highest BCUT2D eigenvalue weighted by Crippen LogP contribution is 2.19. The molecule has 0 saturated carbocycles. The molecule has 1 N–H and O–H groups in total. The van der Waals surface area contributed by atoms with Gasteiger partial charge in [-0.15, -0.1) is 0 Å². The number of hydrogen-bond donors (Lipinski definition) is 1. The molecule has 0 amide bonds. The predicted octanol–water partition coefficient (Wildman–Crippen LogP) is 2.14. The number of alkyl halides is 4. The smallest absolute Gasteiger partial charge is 0.382 e. The molecule has 1 unspecified atom stereocenters. The van der Waals surface area contributed by atoms with Gasteiger partial charge >= 0.3 is 6.18 Å². The topological polar surface area (TPSA) is 29.5 Å². The van der Waals surface area contributed by atoms with Gasteiger partial charge in [0.25, 0.3) is 0 Å². The van der Waals surface area contributed by atoms with Crippen molar-refractivity contribution in [2.75, 3.05) is 17.6 Å². The standard InChI is InChI=1S/C7H12F3IO2/c8-7(9,10)6(12)5-13-4-2-1-3-11/h6,12H,1-5H2. The molecule has 6 heteroatoms. The van der Waals surface area contributed by atoms with Crippen molar-refractivity contribution in [3.8, 4) is 0 Å². The van der Waals surface area contributed by atoms with Crippen molar-refractivity contribution in [1.82, 2.24) is 0 Å². The molecular formula is C7H12F3IO2. The van der Waals surface area contributed by atoms with E-state index in [1.807, 2.05) is 0 Å². The molecule has 80 valence electrons. The van der Waals surface area contributed by atoms with Crippen molar-refractivity contribution in [3.63, 3.8) is 0 Å². The second kappa shape index (κ2) is 6.83. The zero-order valence-corrected chi connectivity index (χ0v) is 9.14. The fourth-order valence-corrected chi connectivity index (χ4v) is 1.13. The zero-order chi connectivity index (χ0) is 10.3. The molecule has 1 atom stereocenters. The molecule has 0 aliphatic heterocycles. The number of hydrogen-bond acceptors (Lipinski definition) is 2. The molecule has 0 rings (SSSR count). The van der Waals surface area contributed by atoms with Gasteiger partial charge in [0.2, 0.25) is 0 Å². The van der Waals surface area contributed by atoms with Gasteiger partial charge in [0.05, 0.1) is 6.61 Å². The summed E-state index contributed by atoms with van der Waals surface area (Å²) >= 11 is 2.18. The molecule has 0 aromatic rings. The van der Waals surface area contributed by atoms with Gasteiger partial charge in [0.1, 0.15) is 0 Å². The van der Waals surface area contributed by atoms with Crippen molar-refractivity contribution in [2.45, 2.75) is 25.1 Å². The van der Waals surface area contributed by atoms with E-state index >= 15 is 0 Å². The van der Waals surface area contributed by atoms with E-state index in [-0.39, 0.29) is 6.61 Å². The van der Waals surface area contributed by atoms with Crippen molar-refractivity contribution in [2.24, 2.45) is 0 Å². The maximum absolute atomic E-state index is 11.7. The Kier molecular flexibility index (Phi) is 7.06. The molecular weight excluding hydrogens is 300 g/mol. The van der Waals surface area contributed by atoms with Crippen LogP contribution in [0.5, 0.6) is 0 Å². The first kappa shape index (κ1) is 13.4. The molecule has 0 spiro atoms. The minimum absolute atomic E-state index is 0.274. The Morgan fingerprint density at radius 3 is 2.38 bits per heavy atom. The molecule has 0 heterocycles. The Bertz CT molecular complexity index is 129. The highest BCUT2D eigenvalue weighted by molar-refractivity contribution is 14.1. The summed E-state index contributed by atoms with van der Waals surface area (Å²) in [6.45, 7) is -0.388. The lowest BCUT2D eigenvalue weighted by atomic mass is 10.3. The van der Waals surface area contributed by atoms with Crippen LogP contribution >= 0.6 is 22.6 Å². The molecule has 0 aliphatic carbocycles. The minimum Gasteiger partial charge on any atom is -0.382 e. The van der Waals surface area contributed by atoms with Gasteiger partial charge < -0.3 is 9.84 Å². The van der Waals surface area contributed by atoms with Crippen molar-refractivity contribution < 1.29 is 23.0 Å². The van der Waals surface area contributed by atoms with E-state index < -0.39 is 18.9 Å². The van der Waals surface area contributed by atoms with E-state index in [0.717, 1.165) is 17.3 Å². The van der Waals surface area contributed by atoms with Crippen LogP contribution in [0.1, 0.15) is 12.8 Å². The van der Waals surface area contributed by atoms with Crippen LogP contribution in [-0.2, 0) is 4.74 Å². The first-order valence-corrected chi connectivity index (χ1v) is 5.39. The summed E-state index contributed by atoms with van der Waals surface area (Å²) < 4.78 is 40.7.